The molecule has 6 nitrogen and oxygen atoms in total. The average molecular weight is 233 g/mol. The third kappa shape index (κ3) is 2.81. The number of nitrogens with zero attached hydrogens (tertiary/aromatic N) is 2. The van der Waals surface area contributed by atoms with E-state index < -0.39 is 5.97 Å². The number of hydrogen-bond donors (Lipinski definition) is 1. The SMILES string of the molecule is COC(=O)c1ccnc(NCc2ccon2)c1. The van der Waals surface area contributed by atoms with Gasteiger partial charge in [-0.05, 0) is 12.1 Å². The van der Waals surface area contributed by atoms with Gasteiger partial charge in [-0.25, -0.2) is 9.78 Å². The zero-order chi connectivity index (χ0) is 12.1. The van der Waals surface area contributed by atoms with Crippen molar-refractivity contribution in [2.24, 2.45) is 0 Å². The minimum absolute atomic E-state index is 0.392. The first-order valence-corrected chi connectivity index (χ1v) is 4.97. The second-order valence-electron chi connectivity index (χ2n) is 3.27. The molecule has 0 aliphatic heterocycles. The fourth-order valence-corrected chi connectivity index (χ4v) is 1.28. The molecule has 0 saturated carbocycles. The molecular formula is C11H11N3O3. The van der Waals surface area contributed by atoms with Gasteiger partial charge in [-0.1, -0.05) is 5.16 Å². The van der Waals surface area contributed by atoms with E-state index in [9.17, 15) is 4.79 Å². The molecule has 88 valence electrons. The van der Waals surface area contributed by atoms with E-state index in [1.54, 1.807) is 18.2 Å². The second kappa shape index (κ2) is 5.11. The number of esters is 1. The summed E-state index contributed by atoms with van der Waals surface area (Å²) in [6.07, 6.45) is 3.03. The monoisotopic (exact) mass is 233 g/mol. The lowest BCUT2D eigenvalue weighted by Gasteiger charge is -2.04. The summed E-state index contributed by atoms with van der Waals surface area (Å²) in [4.78, 5) is 15.4. The largest absolute Gasteiger partial charge is 0.465 e. The summed E-state index contributed by atoms with van der Waals surface area (Å²) in [7, 11) is 1.34. The molecule has 0 spiro atoms. The van der Waals surface area contributed by atoms with Crippen LogP contribution in [-0.2, 0) is 11.3 Å². The summed E-state index contributed by atoms with van der Waals surface area (Å²) in [5.41, 5.74) is 1.21. The number of aromatic nitrogens is 2. The minimum Gasteiger partial charge on any atom is -0.465 e. The van der Waals surface area contributed by atoms with E-state index in [2.05, 4.69) is 20.2 Å². The van der Waals surface area contributed by atoms with Gasteiger partial charge < -0.3 is 14.6 Å². The van der Waals surface area contributed by atoms with Crippen LogP contribution in [0.3, 0.4) is 0 Å². The normalized spacial score (nSPS) is 9.94. The molecule has 0 aromatic carbocycles. The number of nitrogens with one attached hydrogen (secondary N) is 1. The molecule has 2 aromatic rings. The van der Waals surface area contributed by atoms with Crippen molar-refractivity contribution in [3.05, 3.63) is 41.9 Å². The molecule has 0 aliphatic rings. The lowest BCUT2D eigenvalue weighted by molar-refractivity contribution is 0.0600. The van der Waals surface area contributed by atoms with E-state index in [1.807, 2.05) is 0 Å². The topological polar surface area (TPSA) is 77.2 Å². The van der Waals surface area contributed by atoms with Gasteiger partial charge in [0, 0.05) is 12.3 Å². The van der Waals surface area contributed by atoms with Crippen LogP contribution in [0.15, 0.2) is 35.2 Å². The quantitative estimate of drug-likeness (QED) is 0.806. The predicted molar refractivity (Wildman–Crippen MR) is 59.4 cm³/mol. The van der Waals surface area contributed by atoms with E-state index in [-0.39, 0.29) is 0 Å². The highest BCUT2D eigenvalue weighted by Gasteiger charge is 2.06. The van der Waals surface area contributed by atoms with Crippen LogP contribution in [0, 0.1) is 0 Å². The summed E-state index contributed by atoms with van der Waals surface area (Å²) < 4.78 is 9.32. The first-order chi connectivity index (χ1) is 8.29. The lowest BCUT2D eigenvalue weighted by Crippen LogP contribution is -2.05. The molecule has 2 heterocycles. The molecule has 2 aromatic heterocycles. The molecular weight excluding hydrogens is 222 g/mol. The van der Waals surface area contributed by atoms with Gasteiger partial charge in [0.2, 0.25) is 0 Å². The summed E-state index contributed by atoms with van der Waals surface area (Å²) >= 11 is 0. The zero-order valence-corrected chi connectivity index (χ0v) is 9.21. The summed E-state index contributed by atoms with van der Waals surface area (Å²) in [6.45, 7) is 0.480. The van der Waals surface area contributed by atoms with Crippen LogP contribution in [0.1, 0.15) is 16.1 Å². The van der Waals surface area contributed by atoms with Crippen LogP contribution in [0.4, 0.5) is 5.82 Å². The van der Waals surface area contributed by atoms with Crippen molar-refractivity contribution in [3.63, 3.8) is 0 Å². The van der Waals surface area contributed by atoms with Gasteiger partial charge in [0.1, 0.15) is 17.8 Å². The molecule has 2 rings (SSSR count). The number of anilines is 1. The Morgan fingerprint density at radius 3 is 3.12 bits per heavy atom. The van der Waals surface area contributed by atoms with Crippen LogP contribution >= 0.6 is 0 Å². The molecule has 6 heteroatoms. The molecule has 0 unspecified atom stereocenters. The van der Waals surface area contributed by atoms with Crippen molar-refractivity contribution >= 4 is 11.8 Å². The molecule has 0 amide bonds. The number of ether oxygens (including phenoxy) is 1. The standard InChI is InChI=1S/C11H11N3O3/c1-16-11(15)8-2-4-12-10(6-8)13-7-9-3-5-17-14-9/h2-6H,7H2,1H3,(H,12,13). The third-order valence-electron chi connectivity index (χ3n) is 2.12. The first-order valence-electron chi connectivity index (χ1n) is 4.97. The van der Waals surface area contributed by atoms with Crippen molar-refractivity contribution < 1.29 is 14.1 Å². The fraction of sp³-hybridized carbons (Fsp3) is 0.182. The maximum atomic E-state index is 11.3. The van der Waals surface area contributed by atoms with Crippen molar-refractivity contribution in [3.8, 4) is 0 Å². The Kier molecular flexibility index (Phi) is 3.34. The Hall–Kier alpha value is -2.37. The van der Waals surface area contributed by atoms with E-state index >= 15 is 0 Å². The highest BCUT2D eigenvalue weighted by molar-refractivity contribution is 5.89. The first kappa shape index (κ1) is 11.1. The number of pyridine rings is 1. The van der Waals surface area contributed by atoms with Crippen molar-refractivity contribution in [2.45, 2.75) is 6.54 Å². The van der Waals surface area contributed by atoms with Gasteiger partial charge in [-0.15, -0.1) is 0 Å². The van der Waals surface area contributed by atoms with Crippen LogP contribution in [0.25, 0.3) is 0 Å². The Morgan fingerprint density at radius 1 is 1.53 bits per heavy atom. The molecule has 0 radical (unpaired) electrons. The Morgan fingerprint density at radius 2 is 2.41 bits per heavy atom. The molecule has 1 N–H and O–H groups in total. The maximum absolute atomic E-state index is 11.3. The second-order valence-corrected chi connectivity index (χ2v) is 3.27. The number of hydrogen-bond acceptors (Lipinski definition) is 6. The Labute approximate surface area is 97.6 Å². The number of carbonyl (C=O) groups is 1. The van der Waals surface area contributed by atoms with Gasteiger partial charge >= 0.3 is 5.97 Å². The van der Waals surface area contributed by atoms with E-state index in [4.69, 9.17) is 4.52 Å². The van der Waals surface area contributed by atoms with E-state index in [0.717, 1.165) is 5.69 Å². The van der Waals surface area contributed by atoms with Crippen LogP contribution < -0.4 is 5.32 Å². The predicted octanol–water partition coefficient (Wildman–Crippen LogP) is 1.47. The van der Waals surface area contributed by atoms with Crippen molar-refractivity contribution in [2.75, 3.05) is 12.4 Å². The van der Waals surface area contributed by atoms with Crippen LogP contribution in [0.2, 0.25) is 0 Å². The van der Waals surface area contributed by atoms with Gasteiger partial charge in [0.25, 0.3) is 0 Å². The number of rotatable bonds is 4. The Bertz CT molecular complexity index is 496. The third-order valence-corrected chi connectivity index (χ3v) is 2.12. The summed E-state index contributed by atoms with van der Waals surface area (Å²) in [6, 6.07) is 4.95. The average Bonchev–Trinajstić information content (AvgIpc) is 2.89. The van der Waals surface area contributed by atoms with Gasteiger partial charge in [0.05, 0.1) is 19.2 Å². The van der Waals surface area contributed by atoms with E-state index in [0.29, 0.717) is 17.9 Å². The molecule has 0 atom stereocenters. The minimum atomic E-state index is -0.392. The summed E-state index contributed by atoms with van der Waals surface area (Å²) in [5.74, 6) is 0.188. The highest BCUT2D eigenvalue weighted by Crippen LogP contribution is 2.09. The highest BCUT2D eigenvalue weighted by atomic mass is 16.5. The fourth-order valence-electron chi connectivity index (χ4n) is 1.28. The van der Waals surface area contributed by atoms with Gasteiger partial charge in [0.15, 0.2) is 0 Å². The van der Waals surface area contributed by atoms with Crippen molar-refractivity contribution in [1.29, 1.82) is 0 Å². The zero-order valence-electron chi connectivity index (χ0n) is 9.21. The Balaban J connectivity index is 2.03. The van der Waals surface area contributed by atoms with Crippen LogP contribution in [-0.4, -0.2) is 23.2 Å². The number of carbonyl (C=O) groups excluding carboxylic acids is 1. The number of methoxy groups -OCH3 is 1. The van der Waals surface area contributed by atoms with Crippen molar-refractivity contribution in [1.82, 2.24) is 10.1 Å². The van der Waals surface area contributed by atoms with Gasteiger partial charge in [-0.2, -0.15) is 0 Å². The summed E-state index contributed by atoms with van der Waals surface area (Å²) in [5, 5.41) is 6.77. The molecule has 17 heavy (non-hydrogen) atoms. The van der Waals surface area contributed by atoms with E-state index in [1.165, 1.54) is 19.6 Å². The smallest absolute Gasteiger partial charge is 0.338 e. The molecule has 0 saturated heterocycles. The molecule has 0 aliphatic carbocycles. The van der Waals surface area contributed by atoms with Crippen LogP contribution in [0.5, 0.6) is 0 Å². The lowest BCUT2D eigenvalue weighted by atomic mass is 10.2. The molecule has 0 bridgehead atoms. The maximum Gasteiger partial charge on any atom is 0.338 e. The molecule has 0 fully saturated rings. The van der Waals surface area contributed by atoms with Gasteiger partial charge in [-0.3, -0.25) is 0 Å².